The van der Waals surface area contributed by atoms with Gasteiger partial charge in [0.2, 0.25) is 0 Å². The summed E-state index contributed by atoms with van der Waals surface area (Å²) >= 11 is 0. The third kappa shape index (κ3) is 1.09. The minimum absolute atomic E-state index is 1.22. The lowest BCUT2D eigenvalue weighted by Gasteiger charge is -2.02. The van der Waals surface area contributed by atoms with Crippen molar-refractivity contribution in [2.24, 2.45) is 0 Å². The van der Waals surface area contributed by atoms with Gasteiger partial charge in [0.05, 0.1) is 0 Å². The fourth-order valence-corrected chi connectivity index (χ4v) is 1.69. The summed E-state index contributed by atoms with van der Waals surface area (Å²) in [6, 6.07) is 0. The van der Waals surface area contributed by atoms with Crippen molar-refractivity contribution < 1.29 is 0 Å². The number of hydrogen-bond acceptors (Lipinski definition) is 0. The molecule has 0 saturated carbocycles. The molecular weight excluding hydrogens is 132 g/mol. The normalized spacial score (nSPS) is 21.7. The van der Waals surface area contributed by atoms with E-state index in [1.54, 1.807) is 0 Å². The zero-order chi connectivity index (χ0) is 7.68. The van der Waals surface area contributed by atoms with Crippen molar-refractivity contribution in [1.82, 2.24) is 0 Å². The van der Waals surface area contributed by atoms with Crippen LogP contribution in [0, 0.1) is 0 Å². The molecule has 0 aromatic rings. The molecule has 0 atom stereocenters. The Balaban J connectivity index is 2.47. The van der Waals surface area contributed by atoms with Crippen LogP contribution in [0.3, 0.4) is 0 Å². The molecule has 2 rings (SSSR count). The fraction of sp³-hybridized carbons (Fsp3) is 0.273. The standard InChI is InChI=1S/C11H12/c1-9-5-2-3-6-10-7-4-8-11(9)10/h2-3,5-6,8H,4,7H2,1H3. The summed E-state index contributed by atoms with van der Waals surface area (Å²) in [5.41, 5.74) is 4.38. The summed E-state index contributed by atoms with van der Waals surface area (Å²) in [7, 11) is 0. The Morgan fingerprint density at radius 1 is 1.18 bits per heavy atom. The highest BCUT2D eigenvalue weighted by atomic mass is 14.2. The molecule has 0 radical (unpaired) electrons. The number of fused-ring (bicyclic) bond motifs is 1. The van der Waals surface area contributed by atoms with Crippen LogP contribution in [0.2, 0.25) is 0 Å². The van der Waals surface area contributed by atoms with E-state index >= 15 is 0 Å². The van der Waals surface area contributed by atoms with Crippen LogP contribution in [0.25, 0.3) is 0 Å². The van der Waals surface area contributed by atoms with E-state index in [0.717, 1.165) is 0 Å². The van der Waals surface area contributed by atoms with Crippen molar-refractivity contribution in [3.63, 3.8) is 0 Å². The van der Waals surface area contributed by atoms with Crippen LogP contribution in [-0.4, -0.2) is 0 Å². The summed E-state index contributed by atoms with van der Waals surface area (Å²) in [5, 5.41) is 0. The molecule has 0 unspecified atom stereocenters. The molecule has 56 valence electrons. The predicted molar refractivity (Wildman–Crippen MR) is 48.3 cm³/mol. The number of allylic oxidation sites excluding steroid dienone is 8. The van der Waals surface area contributed by atoms with E-state index in [0.29, 0.717) is 0 Å². The minimum Gasteiger partial charge on any atom is -0.0764 e. The second-order valence-electron chi connectivity index (χ2n) is 3.08. The summed E-state index contributed by atoms with van der Waals surface area (Å²) in [4.78, 5) is 0. The predicted octanol–water partition coefficient (Wildman–Crippen LogP) is 3.15. The van der Waals surface area contributed by atoms with E-state index in [1.807, 2.05) is 0 Å². The van der Waals surface area contributed by atoms with Crippen molar-refractivity contribution in [2.45, 2.75) is 19.8 Å². The Morgan fingerprint density at radius 2 is 2.00 bits per heavy atom. The lowest BCUT2D eigenvalue weighted by atomic mass is 10.0. The third-order valence-electron chi connectivity index (χ3n) is 2.29. The van der Waals surface area contributed by atoms with Crippen molar-refractivity contribution in [3.05, 3.63) is 47.1 Å². The maximum absolute atomic E-state index is 2.34. The van der Waals surface area contributed by atoms with Gasteiger partial charge >= 0.3 is 0 Å². The van der Waals surface area contributed by atoms with Crippen LogP contribution < -0.4 is 0 Å². The average Bonchev–Trinajstić information content (AvgIpc) is 2.40. The first-order valence-electron chi connectivity index (χ1n) is 4.13. The van der Waals surface area contributed by atoms with Gasteiger partial charge in [0.1, 0.15) is 0 Å². The second kappa shape index (κ2) is 2.54. The molecular formula is C11H12. The monoisotopic (exact) mass is 144 g/mol. The van der Waals surface area contributed by atoms with Gasteiger partial charge in [0.15, 0.2) is 0 Å². The summed E-state index contributed by atoms with van der Waals surface area (Å²) < 4.78 is 0. The molecule has 0 saturated heterocycles. The van der Waals surface area contributed by atoms with Gasteiger partial charge in [-0.3, -0.25) is 0 Å². The van der Waals surface area contributed by atoms with E-state index in [4.69, 9.17) is 0 Å². The smallest absolute Gasteiger partial charge is 0.0235 e. The summed E-state index contributed by atoms with van der Waals surface area (Å²) in [6.45, 7) is 2.18. The van der Waals surface area contributed by atoms with Crippen molar-refractivity contribution >= 4 is 0 Å². The van der Waals surface area contributed by atoms with Gasteiger partial charge < -0.3 is 0 Å². The lowest BCUT2D eigenvalue weighted by Crippen LogP contribution is -1.82. The molecule has 2 aliphatic carbocycles. The van der Waals surface area contributed by atoms with Crippen LogP contribution >= 0.6 is 0 Å². The molecule has 0 aliphatic heterocycles. The molecule has 2 aliphatic rings. The molecule has 0 spiro atoms. The zero-order valence-corrected chi connectivity index (χ0v) is 6.80. The van der Waals surface area contributed by atoms with E-state index in [2.05, 4.69) is 37.3 Å². The molecule has 0 heterocycles. The first-order valence-corrected chi connectivity index (χ1v) is 4.13. The molecule has 11 heavy (non-hydrogen) atoms. The first kappa shape index (κ1) is 6.66. The Labute approximate surface area is 67.6 Å². The van der Waals surface area contributed by atoms with Crippen LogP contribution in [-0.2, 0) is 0 Å². The van der Waals surface area contributed by atoms with Crippen LogP contribution in [0.4, 0.5) is 0 Å². The summed E-state index contributed by atoms with van der Waals surface area (Å²) in [5.74, 6) is 0. The van der Waals surface area contributed by atoms with E-state index in [-0.39, 0.29) is 0 Å². The molecule has 0 N–H and O–H groups in total. The quantitative estimate of drug-likeness (QED) is 0.490. The number of hydrogen-bond donors (Lipinski definition) is 0. The average molecular weight is 144 g/mol. The lowest BCUT2D eigenvalue weighted by molar-refractivity contribution is 1.06. The SMILES string of the molecule is CC1=CC=CC=C2CCC=C12. The van der Waals surface area contributed by atoms with Crippen molar-refractivity contribution in [3.8, 4) is 0 Å². The number of rotatable bonds is 0. The molecule has 0 aromatic heterocycles. The van der Waals surface area contributed by atoms with Crippen LogP contribution in [0.5, 0.6) is 0 Å². The second-order valence-corrected chi connectivity index (χ2v) is 3.08. The van der Waals surface area contributed by atoms with Gasteiger partial charge in [-0.25, -0.2) is 0 Å². The van der Waals surface area contributed by atoms with Gasteiger partial charge in [0, 0.05) is 0 Å². The van der Waals surface area contributed by atoms with Crippen LogP contribution in [0.1, 0.15) is 19.8 Å². The van der Waals surface area contributed by atoms with E-state index in [1.165, 1.54) is 29.6 Å². The van der Waals surface area contributed by atoms with Gasteiger partial charge in [-0.05, 0) is 36.5 Å². The molecule has 0 amide bonds. The van der Waals surface area contributed by atoms with Gasteiger partial charge in [-0.1, -0.05) is 30.4 Å². The minimum atomic E-state index is 1.22. The van der Waals surface area contributed by atoms with Gasteiger partial charge in [-0.2, -0.15) is 0 Å². The Bertz CT molecular complexity index is 285. The fourth-order valence-electron chi connectivity index (χ4n) is 1.69. The van der Waals surface area contributed by atoms with E-state index in [9.17, 15) is 0 Å². The molecule has 0 fully saturated rings. The Kier molecular flexibility index (Phi) is 1.54. The Morgan fingerprint density at radius 3 is 2.91 bits per heavy atom. The molecule has 0 nitrogen and oxygen atoms in total. The highest BCUT2D eigenvalue weighted by Gasteiger charge is 2.12. The topological polar surface area (TPSA) is 0 Å². The van der Waals surface area contributed by atoms with Crippen LogP contribution in [0.15, 0.2) is 47.1 Å². The highest BCUT2D eigenvalue weighted by molar-refractivity contribution is 5.52. The maximum atomic E-state index is 2.34. The molecule has 0 aromatic carbocycles. The highest BCUT2D eigenvalue weighted by Crippen LogP contribution is 2.31. The van der Waals surface area contributed by atoms with Crippen molar-refractivity contribution in [1.29, 1.82) is 0 Å². The van der Waals surface area contributed by atoms with E-state index < -0.39 is 0 Å². The Hall–Kier alpha value is -1.04. The van der Waals surface area contributed by atoms with Crippen molar-refractivity contribution in [2.75, 3.05) is 0 Å². The molecule has 0 heteroatoms. The summed E-state index contributed by atoms with van der Waals surface area (Å²) in [6.07, 6.45) is 13.4. The zero-order valence-electron chi connectivity index (χ0n) is 6.80. The maximum Gasteiger partial charge on any atom is -0.0235 e. The molecule has 0 bridgehead atoms. The largest absolute Gasteiger partial charge is 0.0764 e. The third-order valence-corrected chi connectivity index (χ3v) is 2.29. The van der Waals surface area contributed by atoms with Gasteiger partial charge in [-0.15, -0.1) is 0 Å². The van der Waals surface area contributed by atoms with Gasteiger partial charge in [0.25, 0.3) is 0 Å². The first-order chi connectivity index (χ1) is 5.38.